The molecule has 148 valence electrons. The number of hydrogen-bond donors (Lipinski definition) is 1. The molecule has 1 amide bonds. The zero-order valence-corrected chi connectivity index (χ0v) is 16.1. The van der Waals surface area contributed by atoms with Gasteiger partial charge in [-0.2, -0.15) is 5.10 Å². The number of para-hydroxylation sites is 1. The summed E-state index contributed by atoms with van der Waals surface area (Å²) in [7, 11) is 0. The van der Waals surface area contributed by atoms with Crippen LogP contribution in [0.4, 0.5) is 0 Å². The smallest absolute Gasteiger partial charge is 0.347 e. The number of nitrogens with zero attached hydrogens (tertiary/aromatic N) is 2. The van der Waals surface area contributed by atoms with Gasteiger partial charge in [-0.15, -0.1) is 0 Å². The van der Waals surface area contributed by atoms with Gasteiger partial charge in [-0.05, 0) is 43.2 Å². The first-order valence-corrected chi connectivity index (χ1v) is 9.51. The molecule has 2 aromatic carbocycles. The topological polar surface area (TPSA) is 86.4 Å². The Hall–Kier alpha value is -3.61. The fourth-order valence-electron chi connectivity index (χ4n) is 3.30. The Balaban J connectivity index is 1.43. The Morgan fingerprint density at radius 1 is 1.14 bits per heavy atom. The van der Waals surface area contributed by atoms with E-state index >= 15 is 0 Å². The molecule has 0 fully saturated rings. The molecule has 7 heteroatoms. The number of ether oxygens (including phenoxy) is 1. The molecule has 29 heavy (non-hydrogen) atoms. The number of carbonyl (C=O) groups is 1. The van der Waals surface area contributed by atoms with Gasteiger partial charge < -0.3 is 14.5 Å². The molecule has 1 N–H and O–H groups in total. The maximum atomic E-state index is 12.4. The summed E-state index contributed by atoms with van der Waals surface area (Å²) in [5.41, 5.74) is 1.74. The van der Waals surface area contributed by atoms with E-state index in [0.717, 1.165) is 16.7 Å². The number of benzene rings is 2. The number of nitrogens with one attached hydrogen (secondary N) is 1. The van der Waals surface area contributed by atoms with Crippen LogP contribution in [-0.4, -0.2) is 28.8 Å². The van der Waals surface area contributed by atoms with E-state index in [-0.39, 0.29) is 12.5 Å². The number of fused-ring (bicyclic) bond motifs is 3. The van der Waals surface area contributed by atoms with E-state index < -0.39 is 5.63 Å². The van der Waals surface area contributed by atoms with Crippen LogP contribution in [0.15, 0.2) is 63.9 Å². The van der Waals surface area contributed by atoms with Gasteiger partial charge in [-0.1, -0.05) is 24.3 Å². The van der Waals surface area contributed by atoms with Crippen molar-refractivity contribution in [1.82, 2.24) is 15.1 Å². The monoisotopic (exact) mass is 391 g/mol. The van der Waals surface area contributed by atoms with Crippen LogP contribution in [-0.2, 0) is 17.8 Å². The van der Waals surface area contributed by atoms with E-state index in [1.807, 2.05) is 43.3 Å². The summed E-state index contributed by atoms with van der Waals surface area (Å²) in [6, 6.07) is 15.1. The quantitative estimate of drug-likeness (QED) is 0.490. The third-order valence-corrected chi connectivity index (χ3v) is 4.67. The molecule has 0 saturated heterocycles. The zero-order valence-electron chi connectivity index (χ0n) is 16.1. The number of rotatable bonds is 7. The lowest BCUT2D eigenvalue weighted by Gasteiger charge is -2.08. The van der Waals surface area contributed by atoms with Crippen molar-refractivity contribution in [2.45, 2.75) is 19.9 Å². The van der Waals surface area contributed by atoms with Crippen LogP contribution in [0.5, 0.6) is 5.75 Å². The van der Waals surface area contributed by atoms with Crippen molar-refractivity contribution in [1.29, 1.82) is 0 Å². The Labute approximate surface area is 166 Å². The van der Waals surface area contributed by atoms with Gasteiger partial charge in [0.2, 0.25) is 5.91 Å². The largest absolute Gasteiger partial charge is 0.494 e. The molecular formula is C22H21N3O4. The maximum Gasteiger partial charge on any atom is 0.347 e. The van der Waals surface area contributed by atoms with Crippen molar-refractivity contribution < 1.29 is 13.9 Å². The van der Waals surface area contributed by atoms with Gasteiger partial charge in [0.15, 0.2) is 0 Å². The second kappa shape index (κ2) is 8.18. The third-order valence-electron chi connectivity index (χ3n) is 4.67. The number of amides is 1. The summed E-state index contributed by atoms with van der Waals surface area (Å²) in [5.74, 6) is 0.667. The highest BCUT2D eigenvalue weighted by atomic mass is 16.5. The molecule has 0 saturated carbocycles. The van der Waals surface area contributed by atoms with Crippen molar-refractivity contribution in [3.05, 3.63) is 70.7 Å². The van der Waals surface area contributed by atoms with Crippen molar-refractivity contribution >= 4 is 27.8 Å². The maximum absolute atomic E-state index is 12.4. The van der Waals surface area contributed by atoms with Crippen molar-refractivity contribution in [3.8, 4) is 5.75 Å². The molecule has 0 atom stereocenters. The average Bonchev–Trinajstić information content (AvgIpc) is 3.14. The third kappa shape index (κ3) is 3.99. The minimum absolute atomic E-state index is 0.0280. The van der Waals surface area contributed by atoms with Crippen molar-refractivity contribution in [2.75, 3.05) is 13.2 Å². The fourth-order valence-corrected chi connectivity index (χ4v) is 3.30. The summed E-state index contributed by atoms with van der Waals surface area (Å²) in [4.78, 5) is 24.6. The zero-order chi connectivity index (χ0) is 20.2. The number of carbonyl (C=O) groups excluding carboxylic acids is 1. The number of aromatic nitrogens is 2. The molecule has 0 bridgehead atoms. The summed E-state index contributed by atoms with van der Waals surface area (Å²) < 4.78 is 12.3. The summed E-state index contributed by atoms with van der Waals surface area (Å²) in [6.07, 6.45) is 2.16. The lowest BCUT2D eigenvalue weighted by atomic mass is 10.1. The average molecular weight is 391 g/mol. The van der Waals surface area contributed by atoms with E-state index in [9.17, 15) is 9.59 Å². The van der Waals surface area contributed by atoms with Gasteiger partial charge in [0.25, 0.3) is 0 Å². The molecule has 0 aliphatic heterocycles. The minimum atomic E-state index is -0.458. The van der Waals surface area contributed by atoms with Gasteiger partial charge >= 0.3 is 5.63 Å². The van der Waals surface area contributed by atoms with Gasteiger partial charge in [0, 0.05) is 11.9 Å². The second-order valence-corrected chi connectivity index (χ2v) is 6.63. The summed E-state index contributed by atoms with van der Waals surface area (Å²) in [5, 5.41) is 8.24. The van der Waals surface area contributed by atoms with Crippen LogP contribution in [0, 0.1) is 0 Å². The predicted octanol–water partition coefficient (Wildman–Crippen LogP) is 2.90. The van der Waals surface area contributed by atoms with Gasteiger partial charge in [-0.3, -0.25) is 9.48 Å². The van der Waals surface area contributed by atoms with E-state index in [1.54, 1.807) is 16.8 Å². The first-order valence-electron chi connectivity index (χ1n) is 9.51. The SMILES string of the molecule is CCOc1ccc(CCNC(=O)Cn2ncc3c(=O)oc4ccccc4c32)cc1. The van der Waals surface area contributed by atoms with Crippen LogP contribution >= 0.6 is 0 Å². The van der Waals surface area contributed by atoms with Crippen LogP contribution in [0.1, 0.15) is 12.5 Å². The van der Waals surface area contributed by atoms with E-state index in [1.165, 1.54) is 6.20 Å². The lowest BCUT2D eigenvalue weighted by Crippen LogP contribution is -2.29. The lowest BCUT2D eigenvalue weighted by molar-refractivity contribution is -0.121. The van der Waals surface area contributed by atoms with Gasteiger partial charge in [0.1, 0.15) is 23.3 Å². The highest BCUT2D eigenvalue weighted by molar-refractivity contribution is 6.02. The molecule has 2 heterocycles. The molecule has 0 spiro atoms. The second-order valence-electron chi connectivity index (χ2n) is 6.63. The van der Waals surface area contributed by atoms with Crippen LogP contribution in [0.3, 0.4) is 0 Å². The van der Waals surface area contributed by atoms with Crippen molar-refractivity contribution in [3.63, 3.8) is 0 Å². The van der Waals surface area contributed by atoms with Crippen LogP contribution in [0.2, 0.25) is 0 Å². The van der Waals surface area contributed by atoms with E-state index in [4.69, 9.17) is 9.15 Å². The molecule has 7 nitrogen and oxygen atoms in total. The minimum Gasteiger partial charge on any atom is -0.494 e. The molecule has 0 aliphatic rings. The predicted molar refractivity (Wildman–Crippen MR) is 110 cm³/mol. The Kier molecular flexibility index (Phi) is 5.29. The molecule has 4 rings (SSSR count). The molecule has 2 aromatic heterocycles. The normalized spacial score (nSPS) is 11.1. The Morgan fingerprint density at radius 2 is 1.93 bits per heavy atom. The highest BCUT2D eigenvalue weighted by Crippen LogP contribution is 2.22. The van der Waals surface area contributed by atoms with Crippen molar-refractivity contribution in [2.24, 2.45) is 0 Å². The molecule has 0 radical (unpaired) electrons. The summed E-state index contributed by atoms with van der Waals surface area (Å²) >= 11 is 0. The fraction of sp³-hybridized carbons (Fsp3) is 0.227. The standard InChI is InChI=1S/C22H21N3O4/c1-2-28-16-9-7-15(8-10-16)11-12-23-20(26)14-25-21-17-5-3-4-6-19(17)29-22(27)18(21)13-24-25/h3-10,13H,2,11-12,14H2,1H3,(H,23,26). The first kappa shape index (κ1) is 18.7. The van der Waals surface area contributed by atoms with E-state index in [2.05, 4.69) is 10.4 Å². The number of hydrogen-bond acceptors (Lipinski definition) is 5. The first-order chi connectivity index (χ1) is 14.2. The molecular weight excluding hydrogens is 370 g/mol. The van der Waals surface area contributed by atoms with E-state index in [0.29, 0.717) is 36.1 Å². The molecule has 4 aromatic rings. The van der Waals surface area contributed by atoms with Crippen LogP contribution < -0.4 is 15.7 Å². The Morgan fingerprint density at radius 3 is 2.72 bits per heavy atom. The van der Waals surface area contributed by atoms with Gasteiger partial charge in [0.05, 0.1) is 18.3 Å². The molecule has 0 unspecified atom stereocenters. The molecule has 0 aliphatic carbocycles. The highest BCUT2D eigenvalue weighted by Gasteiger charge is 2.14. The van der Waals surface area contributed by atoms with Crippen LogP contribution in [0.25, 0.3) is 21.9 Å². The Bertz CT molecular complexity index is 1210. The summed E-state index contributed by atoms with van der Waals surface area (Å²) in [6.45, 7) is 3.12. The van der Waals surface area contributed by atoms with Gasteiger partial charge in [-0.25, -0.2) is 4.79 Å².